The summed E-state index contributed by atoms with van der Waals surface area (Å²) in [5.74, 6) is 1.80. The number of para-hydroxylation sites is 2. The summed E-state index contributed by atoms with van der Waals surface area (Å²) >= 11 is 0. The average molecular weight is 301 g/mol. The molecule has 0 unspecified atom stereocenters. The third-order valence-electron chi connectivity index (χ3n) is 3.00. The number of methoxy groups -OCH3 is 1. The summed E-state index contributed by atoms with van der Waals surface area (Å²) in [7, 11) is 1.58. The molecule has 0 fully saturated rings. The van der Waals surface area contributed by atoms with E-state index in [1.165, 1.54) is 6.21 Å². The predicted molar refractivity (Wildman–Crippen MR) is 85.3 cm³/mol. The molecule has 1 atom stereocenters. The molecule has 2 rings (SSSR count). The molecule has 0 aliphatic heterocycles. The SMILES string of the molecule is COc1ccccc1N[C@H](C)C(=O)N/N=C\c1ccc(C)o1. The van der Waals surface area contributed by atoms with Gasteiger partial charge in [-0.2, -0.15) is 5.10 Å². The second-order valence-electron chi connectivity index (χ2n) is 4.75. The number of carbonyl (C=O) groups excluding carboxylic acids is 1. The van der Waals surface area contributed by atoms with E-state index in [0.717, 1.165) is 11.4 Å². The third kappa shape index (κ3) is 4.12. The fourth-order valence-corrected chi connectivity index (χ4v) is 1.84. The Morgan fingerprint density at radius 2 is 2.09 bits per heavy atom. The molecule has 1 heterocycles. The molecule has 0 aliphatic carbocycles. The fourth-order valence-electron chi connectivity index (χ4n) is 1.84. The van der Waals surface area contributed by atoms with Crippen LogP contribution in [0.4, 0.5) is 5.69 Å². The number of furan rings is 1. The highest BCUT2D eigenvalue weighted by atomic mass is 16.5. The first kappa shape index (κ1) is 15.6. The van der Waals surface area contributed by atoms with Gasteiger partial charge >= 0.3 is 0 Å². The van der Waals surface area contributed by atoms with E-state index in [9.17, 15) is 4.79 Å². The van der Waals surface area contributed by atoms with Gasteiger partial charge < -0.3 is 14.5 Å². The van der Waals surface area contributed by atoms with Crippen LogP contribution in [0.25, 0.3) is 0 Å². The first-order valence-corrected chi connectivity index (χ1v) is 6.89. The number of aryl methyl sites for hydroxylation is 1. The zero-order chi connectivity index (χ0) is 15.9. The average Bonchev–Trinajstić information content (AvgIpc) is 2.93. The van der Waals surface area contributed by atoms with Crippen molar-refractivity contribution >= 4 is 17.8 Å². The summed E-state index contributed by atoms with van der Waals surface area (Å²) in [6.07, 6.45) is 1.46. The second-order valence-corrected chi connectivity index (χ2v) is 4.75. The van der Waals surface area contributed by atoms with Crippen molar-refractivity contribution in [1.82, 2.24) is 5.43 Å². The topological polar surface area (TPSA) is 75.9 Å². The molecule has 116 valence electrons. The van der Waals surface area contributed by atoms with E-state index in [1.54, 1.807) is 20.1 Å². The lowest BCUT2D eigenvalue weighted by Gasteiger charge is -2.15. The molecule has 0 radical (unpaired) electrons. The Morgan fingerprint density at radius 1 is 1.32 bits per heavy atom. The zero-order valence-corrected chi connectivity index (χ0v) is 12.8. The molecule has 1 aromatic heterocycles. The highest BCUT2D eigenvalue weighted by Crippen LogP contribution is 2.23. The Bertz CT molecular complexity index is 664. The maximum atomic E-state index is 12.0. The van der Waals surface area contributed by atoms with E-state index in [2.05, 4.69) is 15.8 Å². The lowest BCUT2D eigenvalue weighted by Crippen LogP contribution is -2.35. The normalized spacial score (nSPS) is 12.1. The molecule has 0 aliphatic rings. The number of amides is 1. The van der Waals surface area contributed by atoms with E-state index in [1.807, 2.05) is 37.3 Å². The van der Waals surface area contributed by atoms with Crippen LogP contribution in [0.2, 0.25) is 0 Å². The van der Waals surface area contributed by atoms with Crippen molar-refractivity contribution < 1.29 is 13.9 Å². The first-order chi connectivity index (χ1) is 10.6. The van der Waals surface area contributed by atoms with Crippen molar-refractivity contribution in [1.29, 1.82) is 0 Å². The standard InChI is InChI=1S/C16H19N3O3/c1-11-8-9-13(22-11)10-17-19-16(20)12(2)18-14-6-4-5-7-15(14)21-3/h4-10,12,18H,1-3H3,(H,19,20)/b17-10-/t12-/m1/s1. The van der Waals surface area contributed by atoms with Gasteiger partial charge in [-0.15, -0.1) is 0 Å². The van der Waals surface area contributed by atoms with Crippen LogP contribution < -0.4 is 15.5 Å². The van der Waals surface area contributed by atoms with Crippen LogP contribution in [-0.4, -0.2) is 25.3 Å². The monoisotopic (exact) mass is 301 g/mol. The number of rotatable bonds is 6. The molecule has 6 nitrogen and oxygen atoms in total. The number of hydrogen-bond donors (Lipinski definition) is 2. The van der Waals surface area contributed by atoms with Gasteiger partial charge in [0.05, 0.1) is 19.0 Å². The molecular formula is C16H19N3O3. The predicted octanol–water partition coefficient (Wildman–Crippen LogP) is 2.55. The smallest absolute Gasteiger partial charge is 0.262 e. The Kier molecular flexibility index (Phi) is 5.19. The number of carbonyl (C=O) groups is 1. The summed E-state index contributed by atoms with van der Waals surface area (Å²) in [4.78, 5) is 12.0. The van der Waals surface area contributed by atoms with E-state index in [-0.39, 0.29) is 5.91 Å². The second kappa shape index (κ2) is 7.31. The first-order valence-electron chi connectivity index (χ1n) is 6.89. The van der Waals surface area contributed by atoms with E-state index in [0.29, 0.717) is 11.5 Å². The molecule has 0 bridgehead atoms. The number of hydrogen-bond acceptors (Lipinski definition) is 5. The highest BCUT2D eigenvalue weighted by molar-refractivity contribution is 5.86. The van der Waals surface area contributed by atoms with Crippen molar-refractivity contribution in [3.05, 3.63) is 47.9 Å². The molecule has 1 aromatic carbocycles. The minimum atomic E-state index is -0.466. The van der Waals surface area contributed by atoms with Crippen LogP contribution in [0.3, 0.4) is 0 Å². The molecule has 1 amide bonds. The van der Waals surface area contributed by atoms with E-state index in [4.69, 9.17) is 9.15 Å². The summed E-state index contributed by atoms with van der Waals surface area (Å²) in [6.45, 7) is 3.59. The Labute approximate surface area is 129 Å². The van der Waals surface area contributed by atoms with Gasteiger partial charge in [0.2, 0.25) is 0 Å². The fraction of sp³-hybridized carbons (Fsp3) is 0.250. The van der Waals surface area contributed by atoms with E-state index < -0.39 is 6.04 Å². The Morgan fingerprint density at radius 3 is 2.77 bits per heavy atom. The minimum absolute atomic E-state index is 0.259. The summed E-state index contributed by atoms with van der Waals surface area (Å²) < 4.78 is 10.5. The number of benzene rings is 1. The van der Waals surface area contributed by atoms with Crippen molar-refractivity contribution in [2.24, 2.45) is 5.10 Å². The van der Waals surface area contributed by atoms with Crippen LogP contribution in [0, 0.1) is 6.92 Å². The van der Waals surface area contributed by atoms with Gasteiger partial charge in [-0.3, -0.25) is 4.79 Å². The van der Waals surface area contributed by atoms with Gasteiger partial charge in [0.1, 0.15) is 23.3 Å². The molecule has 0 saturated carbocycles. The van der Waals surface area contributed by atoms with Crippen molar-refractivity contribution in [2.45, 2.75) is 19.9 Å². The molecule has 0 spiro atoms. The van der Waals surface area contributed by atoms with Crippen LogP contribution in [0.1, 0.15) is 18.4 Å². The van der Waals surface area contributed by atoms with Gasteiger partial charge in [-0.1, -0.05) is 12.1 Å². The number of ether oxygens (including phenoxy) is 1. The largest absolute Gasteiger partial charge is 0.495 e. The molecule has 2 aromatic rings. The van der Waals surface area contributed by atoms with Crippen LogP contribution in [0.5, 0.6) is 5.75 Å². The van der Waals surface area contributed by atoms with Crippen LogP contribution in [0.15, 0.2) is 45.9 Å². The Hall–Kier alpha value is -2.76. The molecule has 0 saturated heterocycles. The summed E-state index contributed by atoms with van der Waals surface area (Å²) in [5.41, 5.74) is 3.21. The lowest BCUT2D eigenvalue weighted by atomic mass is 10.2. The van der Waals surface area contributed by atoms with Gasteiger partial charge in [-0.25, -0.2) is 5.43 Å². The summed E-state index contributed by atoms with van der Waals surface area (Å²) in [5, 5.41) is 6.95. The van der Waals surface area contributed by atoms with Crippen LogP contribution >= 0.6 is 0 Å². The maximum Gasteiger partial charge on any atom is 0.262 e. The van der Waals surface area contributed by atoms with Crippen LogP contribution in [-0.2, 0) is 4.79 Å². The van der Waals surface area contributed by atoms with Crippen molar-refractivity contribution in [2.75, 3.05) is 12.4 Å². The Balaban J connectivity index is 1.90. The third-order valence-corrected chi connectivity index (χ3v) is 3.00. The molecular weight excluding hydrogens is 282 g/mol. The zero-order valence-electron chi connectivity index (χ0n) is 12.8. The summed E-state index contributed by atoms with van der Waals surface area (Å²) in [6, 6.07) is 10.5. The molecule has 22 heavy (non-hydrogen) atoms. The molecule has 2 N–H and O–H groups in total. The van der Waals surface area contributed by atoms with Crippen molar-refractivity contribution in [3.63, 3.8) is 0 Å². The minimum Gasteiger partial charge on any atom is -0.495 e. The van der Waals surface area contributed by atoms with Gasteiger partial charge in [-0.05, 0) is 38.1 Å². The highest BCUT2D eigenvalue weighted by Gasteiger charge is 2.13. The number of anilines is 1. The lowest BCUT2D eigenvalue weighted by molar-refractivity contribution is -0.121. The number of hydrazone groups is 1. The van der Waals surface area contributed by atoms with Gasteiger partial charge in [0, 0.05) is 0 Å². The van der Waals surface area contributed by atoms with Crippen molar-refractivity contribution in [3.8, 4) is 5.75 Å². The number of nitrogens with one attached hydrogen (secondary N) is 2. The van der Waals surface area contributed by atoms with Gasteiger partial charge in [0.25, 0.3) is 5.91 Å². The van der Waals surface area contributed by atoms with E-state index >= 15 is 0 Å². The molecule has 6 heteroatoms. The van der Waals surface area contributed by atoms with Gasteiger partial charge in [0.15, 0.2) is 0 Å². The quantitative estimate of drug-likeness (QED) is 0.635. The number of nitrogens with zero attached hydrogens (tertiary/aromatic N) is 1. The maximum absolute atomic E-state index is 12.0.